The fourth-order valence-corrected chi connectivity index (χ4v) is 3.50. The second-order valence-corrected chi connectivity index (χ2v) is 8.86. The Kier molecular flexibility index (Phi) is 5.00. The molecule has 1 amide bonds. The minimum Gasteiger partial charge on any atom is -0.399 e. The summed E-state index contributed by atoms with van der Waals surface area (Å²) >= 11 is 0. The molecule has 0 aromatic heterocycles. The molecule has 2 aromatic carbocycles. The number of carbonyl (C=O) groups excluding carboxylic acids is 1. The molecule has 0 radical (unpaired) electrons. The molecule has 0 saturated carbocycles. The molecule has 0 unspecified atom stereocenters. The van der Waals surface area contributed by atoms with Gasteiger partial charge in [0, 0.05) is 11.2 Å². The highest BCUT2D eigenvalue weighted by Crippen LogP contribution is 2.38. The molecule has 5 nitrogen and oxygen atoms in total. The van der Waals surface area contributed by atoms with Gasteiger partial charge in [-0.1, -0.05) is 12.1 Å². The Labute approximate surface area is 174 Å². The molecule has 0 aliphatic carbocycles. The number of benzene rings is 2. The Morgan fingerprint density at radius 3 is 2.07 bits per heavy atom. The zero-order valence-corrected chi connectivity index (χ0v) is 17.4. The number of ether oxygens (including phenoxy) is 1. The number of carbonyl (C=O) groups is 1. The largest absolute Gasteiger partial charge is 0.497 e. The molecule has 30 heavy (non-hydrogen) atoms. The maximum atomic E-state index is 15.1. The molecule has 158 valence electrons. The van der Waals surface area contributed by atoms with Gasteiger partial charge in [0.2, 0.25) is 5.91 Å². The molecule has 4 rings (SSSR count). The first-order valence-electron chi connectivity index (χ1n) is 9.84. The number of nitrogens with one attached hydrogen (secondary N) is 1. The van der Waals surface area contributed by atoms with Gasteiger partial charge in [0.1, 0.15) is 17.0 Å². The van der Waals surface area contributed by atoms with Crippen molar-refractivity contribution in [3.05, 3.63) is 59.7 Å². The van der Waals surface area contributed by atoms with Crippen molar-refractivity contribution in [2.24, 2.45) is 0 Å². The van der Waals surface area contributed by atoms with E-state index >= 15 is 4.39 Å². The smallest absolute Gasteiger partial charge is 0.399 e. The van der Waals surface area contributed by atoms with Gasteiger partial charge in [0.15, 0.2) is 0 Å². The summed E-state index contributed by atoms with van der Waals surface area (Å²) in [4.78, 5) is 13.0. The molecule has 2 aliphatic heterocycles. The van der Waals surface area contributed by atoms with Crippen LogP contribution in [0.4, 0.5) is 14.5 Å². The van der Waals surface area contributed by atoms with Crippen molar-refractivity contribution in [2.45, 2.75) is 44.3 Å². The highest BCUT2D eigenvalue weighted by molar-refractivity contribution is 6.62. The summed E-state index contributed by atoms with van der Waals surface area (Å²) in [5, 5.41) is 2.76. The van der Waals surface area contributed by atoms with Crippen LogP contribution in [0.3, 0.4) is 0 Å². The molecule has 0 atom stereocenters. The van der Waals surface area contributed by atoms with Crippen molar-refractivity contribution in [1.82, 2.24) is 0 Å². The van der Waals surface area contributed by atoms with E-state index in [1.54, 1.807) is 12.1 Å². The molecule has 2 fully saturated rings. The van der Waals surface area contributed by atoms with E-state index in [0.29, 0.717) is 11.3 Å². The predicted molar refractivity (Wildman–Crippen MR) is 110 cm³/mol. The maximum Gasteiger partial charge on any atom is 0.497 e. The molecule has 2 heterocycles. The first-order chi connectivity index (χ1) is 14.0. The Balaban J connectivity index is 1.58. The van der Waals surface area contributed by atoms with Gasteiger partial charge in [-0.2, -0.15) is 0 Å². The highest BCUT2D eigenvalue weighted by Gasteiger charge is 2.53. The van der Waals surface area contributed by atoms with E-state index < -0.39 is 35.4 Å². The van der Waals surface area contributed by atoms with Crippen LogP contribution in [-0.4, -0.2) is 37.4 Å². The van der Waals surface area contributed by atoms with E-state index in [2.05, 4.69) is 5.32 Å². The molecule has 0 spiro atoms. The van der Waals surface area contributed by atoms with Gasteiger partial charge >= 0.3 is 7.12 Å². The third-order valence-corrected chi connectivity index (χ3v) is 6.29. The fourth-order valence-electron chi connectivity index (χ4n) is 3.50. The minimum absolute atomic E-state index is 0.134. The molecular formula is C22H24BF2NO4. The van der Waals surface area contributed by atoms with Crippen LogP contribution < -0.4 is 10.8 Å². The molecular weight excluding hydrogens is 391 g/mol. The predicted octanol–water partition coefficient (Wildman–Crippen LogP) is 3.17. The van der Waals surface area contributed by atoms with Gasteiger partial charge in [0.05, 0.1) is 24.4 Å². The number of rotatable bonds is 4. The van der Waals surface area contributed by atoms with Crippen LogP contribution >= 0.6 is 0 Å². The number of hydrogen-bond acceptors (Lipinski definition) is 4. The second-order valence-electron chi connectivity index (χ2n) is 8.86. The van der Waals surface area contributed by atoms with Crippen LogP contribution in [0.1, 0.15) is 33.3 Å². The third-order valence-electron chi connectivity index (χ3n) is 6.29. The molecule has 8 heteroatoms. The average Bonchev–Trinajstić information content (AvgIpc) is 2.83. The van der Waals surface area contributed by atoms with Gasteiger partial charge in [-0.25, -0.2) is 8.78 Å². The number of anilines is 1. The number of amides is 1. The van der Waals surface area contributed by atoms with Gasteiger partial charge in [0.25, 0.3) is 0 Å². The van der Waals surface area contributed by atoms with E-state index in [-0.39, 0.29) is 24.6 Å². The van der Waals surface area contributed by atoms with Crippen LogP contribution in [-0.2, 0) is 24.3 Å². The van der Waals surface area contributed by atoms with Crippen LogP contribution in [0.25, 0.3) is 0 Å². The molecule has 2 aliphatic rings. The normalized spacial score (nSPS) is 21.2. The van der Waals surface area contributed by atoms with Crippen molar-refractivity contribution in [3.63, 3.8) is 0 Å². The van der Waals surface area contributed by atoms with Crippen molar-refractivity contribution in [1.29, 1.82) is 0 Å². The van der Waals surface area contributed by atoms with Crippen LogP contribution in [0, 0.1) is 11.6 Å². The Morgan fingerprint density at radius 1 is 0.967 bits per heavy atom. The van der Waals surface area contributed by atoms with Crippen LogP contribution in [0.5, 0.6) is 0 Å². The number of halogens is 2. The molecule has 0 bridgehead atoms. The maximum absolute atomic E-state index is 15.1. The summed E-state index contributed by atoms with van der Waals surface area (Å²) in [6, 6.07) is 10.1. The second kappa shape index (κ2) is 7.15. The van der Waals surface area contributed by atoms with E-state index in [1.807, 2.05) is 27.7 Å². The average molecular weight is 415 g/mol. The molecule has 2 saturated heterocycles. The van der Waals surface area contributed by atoms with Gasteiger partial charge in [-0.3, -0.25) is 4.79 Å². The first kappa shape index (κ1) is 21.0. The first-order valence-corrected chi connectivity index (χ1v) is 9.84. The summed E-state index contributed by atoms with van der Waals surface area (Å²) < 4.78 is 45.3. The summed E-state index contributed by atoms with van der Waals surface area (Å²) in [6.07, 6.45) is 0. The third kappa shape index (κ3) is 3.43. The Morgan fingerprint density at radius 2 is 1.57 bits per heavy atom. The lowest BCUT2D eigenvalue weighted by Gasteiger charge is -2.40. The van der Waals surface area contributed by atoms with Crippen LogP contribution in [0.15, 0.2) is 42.5 Å². The summed E-state index contributed by atoms with van der Waals surface area (Å²) in [7, 11) is -0.828. The lowest BCUT2D eigenvalue weighted by Crippen LogP contribution is -2.55. The lowest BCUT2D eigenvalue weighted by molar-refractivity contribution is -0.139. The van der Waals surface area contributed by atoms with Crippen molar-refractivity contribution in [2.75, 3.05) is 18.5 Å². The minimum atomic E-state index is -1.01. The summed E-state index contributed by atoms with van der Waals surface area (Å²) in [5.41, 5.74) is -0.925. The van der Waals surface area contributed by atoms with E-state index in [4.69, 9.17) is 14.0 Å². The fraction of sp³-hybridized carbons (Fsp3) is 0.409. The SMILES string of the molecule is CC1(C)OB(c2ccc(C3(C(=O)Nc4ccc(F)cc4)COC3)cc2F)OC1(C)C. The quantitative estimate of drug-likeness (QED) is 0.780. The topological polar surface area (TPSA) is 56.8 Å². The molecule has 1 N–H and O–H groups in total. The van der Waals surface area contributed by atoms with Gasteiger partial charge in [-0.05, 0) is 63.6 Å². The Bertz CT molecular complexity index is 958. The van der Waals surface area contributed by atoms with Crippen molar-refractivity contribution in [3.8, 4) is 0 Å². The van der Waals surface area contributed by atoms with Crippen molar-refractivity contribution >= 4 is 24.2 Å². The standard InChI is InChI=1S/C22H24BF2NO4/c1-20(2)21(3,4)30-23(29-20)17-10-5-14(11-18(17)25)22(12-28-13-22)19(27)26-16-8-6-15(24)7-9-16/h5-11H,12-13H2,1-4H3,(H,26,27). The molecule has 2 aromatic rings. The van der Waals surface area contributed by atoms with E-state index in [1.165, 1.54) is 30.3 Å². The van der Waals surface area contributed by atoms with E-state index in [9.17, 15) is 9.18 Å². The highest BCUT2D eigenvalue weighted by atomic mass is 19.1. The monoisotopic (exact) mass is 415 g/mol. The zero-order valence-electron chi connectivity index (χ0n) is 17.4. The lowest BCUT2D eigenvalue weighted by atomic mass is 9.73. The van der Waals surface area contributed by atoms with Gasteiger partial charge in [-0.15, -0.1) is 0 Å². The Hall–Kier alpha value is -2.29. The van der Waals surface area contributed by atoms with E-state index in [0.717, 1.165) is 0 Å². The number of hydrogen-bond donors (Lipinski definition) is 1. The van der Waals surface area contributed by atoms with Gasteiger partial charge < -0.3 is 19.4 Å². The zero-order chi connectivity index (χ0) is 21.7. The summed E-state index contributed by atoms with van der Waals surface area (Å²) in [6.45, 7) is 7.88. The van der Waals surface area contributed by atoms with Crippen LogP contribution in [0.2, 0.25) is 0 Å². The van der Waals surface area contributed by atoms with Crippen molar-refractivity contribution < 1.29 is 27.6 Å². The summed E-state index contributed by atoms with van der Waals surface area (Å²) in [5.74, 6) is -1.23.